The molecule has 19 heavy (non-hydrogen) atoms. The number of anilines is 1. The maximum Gasteiger partial charge on any atom is 0.317 e. The van der Waals surface area contributed by atoms with Crippen molar-refractivity contribution in [3.63, 3.8) is 0 Å². The molecular formula is C14H24N2O2S. The zero-order valence-electron chi connectivity index (χ0n) is 12.7. The third-order valence-electron chi connectivity index (χ3n) is 2.70. The average molecular weight is 284 g/mol. The van der Waals surface area contributed by atoms with Gasteiger partial charge in [-0.1, -0.05) is 20.8 Å². The number of hydrogen-bond acceptors (Lipinski definition) is 5. The fourth-order valence-corrected chi connectivity index (χ4v) is 2.28. The molecule has 0 spiro atoms. The van der Waals surface area contributed by atoms with Crippen molar-refractivity contribution < 1.29 is 9.53 Å². The summed E-state index contributed by atoms with van der Waals surface area (Å²) in [6.07, 6.45) is 0. The third kappa shape index (κ3) is 4.49. The summed E-state index contributed by atoms with van der Waals surface area (Å²) in [5, 5.41) is 6.07. The van der Waals surface area contributed by atoms with Crippen LogP contribution in [0.1, 0.15) is 47.2 Å². The zero-order valence-corrected chi connectivity index (χ0v) is 13.5. The van der Waals surface area contributed by atoms with Gasteiger partial charge in [0.15, 0.2) is 5.13 Å². The molecular weight excluding hydrogens is 260 g/mol. The molecule has 1 aromatic heterocycles. The van der Waals surface area contributed by atoms with Gasteiger partial charge in [0.1, 0.15) is 5.41 Å². The predicted molar refractivity (Wildman–Crippen MR) is 79.7 cm³/mol. The second-order valence-electron chi connectivity index (χ2n) is 6.30. The summed E-state index contributed by atoms with van der Waals surface area (Å²) in [6.45, 7) is 13.2. The molecule has 0 aliphatic rings. The summed E-state index contributed by atoms with van der Waals surface area (Å²) in [7, 11) is 0. The van der Waals surface area contributed by atoms with Crippen LogP contribution < -0.4 is 5.32 Å². The second-order valence-corrected chi connectivity index (χ2v) is 7.16. The minimum Gasteiger partial charge on any atom is -0.465 e. The van der Waals surface area contributed by atoms with Crippen LogP contribution in [-0.2, 0) is 14.9 Å². The lowest BCUT2D eigenvalue weighted by molar-refractivity contribution is -0.148. The van der Waals surface area contributed by atoms with Crippen LogP contribution in [0.2, 0.25) is 0 Å². The number of rotatable bonds is 5. The smallest absolute Gasteiger partial charge is 0.317 e. The van der Waals surface area contributed by atoms with Crippen LogP contribution in [0.15, 0.2) is 5.38 Å². The van der Waals surface area contributed by atoms with Gasteiger partial charge in [-0.3, -0.25) is 4.79 Å². The van der Waals surface area contributed by atoms with E-state index in [0.29, 0.717) is 6.61 Å². The van der Waals surface area contributed by atoms with E-state index in [1.165, 1.54) is 11.3 Å². The molecule has 0 atom stereocenters. The molecule has 5 heteroatoms. The van der Waals surface area contributed by atoms with Gasteiger partial charge < -0.3 is 10.1 Å². The van der Waals surface area contributed by atoms with E-state index in [4.69, 9.17) is 4.74 Å². The topological polar surface area (TPSA) is 51.2 Å². The Morgan fingerprint density at radius 3 is 2.53 bits per heavy atom. The van der Waals surface area contributed by atoms with E-state index in [-0.39, 0.29) is 11.4 Å². The molecule has 108 valence electrons. The highest BCUT2D eigenvalue weighted by Crippen LogP contribution is 2.29. The summed E-state index contributed by atoms with van der Waals surface area (Å²) in [4.78, 5) is 16.4. The molecule has 0 unspecified atom stereocenters. The van der Waals surface area contributed by atoms with E-state index in [9.17, 15) is 4.79 Å². The molecule has 1 N–H and O–H groups in total. The number of nitrogens with zero attached hydrogens (tertiary/aromatic N) is 1. The van der Waals surface area contributed by atoms with E-state index in [1.807, 2.05) is 26.2 Å². The summed E-state index contributed by atoms with van der Waals surface area (Å²) >= 11 is 1.52. The van der Waals surface area contributed by atoms with Gasteiger partial charge in [-0.05, 0) is 26.2 Å². The zero-order chi connectivity index (χ0) is 14.7. The number of aromatic nitrogens is 1. The van der Waals surface area contributed by atoms with Gasteiger partial charge in [0, 0.05) is 11.9 Å². The summed E-state index contributed by atoms with van der Waals surface area (Å²) in [5.74, 6) is -0.234. The van der Waals surface area contributed by atoms with Crippen molar-refractivity contribution in [1.82, 2.24) is 4.98 Å². The number of ether oxygens (including phenoxy) is 1. The molecule has 0 saturated carbocycles. The molecule has 0 saturated heterocycles. The summed E-state index contributed by atoms with van der Waals surface area (Å²) < 4.78 is 5.09. The maximum atomic E-state index is 11.9. The highest BCUT2D eigenvalue weighted by Gasteiger charge is 2.33. The van der Waals surface area contributed by atoms with E-state index < -0.39 is 5.41 Å². The van der Waals surface area contributed by atoms with Crippen LogP contribution in [0.5, 0.6) is 0 Å². The van der Waals surface area contributed by atoms with Crippen molar-refractivity contribution in [3.05, 3.63) is 11.1 Å². The number of carbonyl (C=O) groups is 1. The van der Waals surface area contributed by atoms with Gasteiger partial charge in [0.25, 0.3) is 0 Å². The lowest BCUT2D eigenvalue weighted by Gasteiger charge is -2.20. The number of esters is 1. The van der Waals surface area contributed by atoms with Crippen molar-refractivity contribution in [3.8, 4) is 0 Å². The second kappa shape index (κ2) is 5.90. The predicted octanol–water partition coefficient (Wildman–Crippen LogP) is 3.44. The maximum absolute atomic E-state index is 11.9. The quantitative estimate of drug-likeness (QED) is 0.842. The molecule has 0 radical (unpaired) electrons. The number of nitrogens with one attached hydrogen (secondary N) is 1. The van der Waals surface area contributed by atoms with E-state index in [0.717, 1.165) is 17.4 Å². The molecule has 4 nitrogen and oxygen atoms in total. The van der Waals surface area contributed by atoms with Crippen LogP contribution in [0.3, 0.4) is 0 Å². The van der Waals surface area contributed by atoms with Crippen LogP contribution >= 0.6 is 11.3 Å². The first kappa shape index (κ1) is 16.0. The first-order valence-electron chi connectivity index (χ1n) is 6.54. The lowest BCUT2D eigenvalue weighted by atomic mass is 9.90. The van der Waals surface area contributed by atoms with Gasteiger partial charge in [0.05, 0.1) is 12.3 Å². The van der Waals surface area contributed by atoms with Gasteiger partial charge in [-0.2, -0.15) is 0 Å². The lowest BCUT2D eigenvalue weighted by Crippen LogP contribution is -2.31. The van der Waals surface area contributed by atoms with Crippen molar-refractivity contribution in [1.29, 1.82) is 0 Å². The van der Waals surface area contributed by atoms with Crippen LogP contribution in [0, 0.1) is 5.41 Å². The Labute approximate surface area is 119 Å². The molecule has 0 aliphatic carbocycles. The molecule has 1 heterocycles. The fraction of sp³-hybridized carbons (Fsp3) is 0.714. The summed E-state index contributed by atoms with van der Waals surface area (Å²) in [6, 6.07) is 0. The van der Waals surface area contributed by atoms with E-state index >= 15 is 0 Å². The van der Waals surface area contributed by atoms with Crippen molar-refractivity contribution in [2.24, 2.45) is 5.41 Å². The first-order chi connectivity index (χ1) is 8.66. The Morgan fingerprint density at radius 2 is 2.00 bits per heavy atom. The summed E-state index contributed by atoms with van der Waals surface area (Å²) in [5.41, 5.74) is 0.254. The van der Waals surface area contributed by atoms with E-state index in [1.54, 1.807) is 0 Å². The van der Waals surface area contributed by atoms with Gasteiger partial charge >= 0.3 is 5.97 Å². The molecule has 1 rings (SSSR count). The Balaban J connectivity index is 2.76. The van der Waals surface area contributed by atoms with Crippen molar-refractivity contribution >= 4 is 22.4 Å². The first-order valence-corrected chi connectivity index (χ1v) is 7.42. The monoisotopic (exact) mass is 284 g/mol. The van der Waals surface area contributed by atoms with Crippen molar-refractivity contribution in [2.75, 3.05) is 18.5 Å². The average Bonchev–Trinajstić information content (AvgIpc) is 2.75. The Bertz CT molecular complexity index is 433. The molecule has 0 bridgehead atoms. The molecule has 0 aromatic carbocycles. The SMILES string of the molecule is CCOC(=O)C(C)(C)c1csc(NCC(C)(C)C)n1. The van der Waals surface area contributed by atoms with Gasteiger partial charge in [-0.15, -0.1) is 11.3 Å². The van der Waals surface area contributed by atoms with Crippen LogP contribution in [-0.4, -0.2) is 24.1 Å². The molecule has 0 amide bonds. The number of thiazole rings is 1. The Morgan fingerprint density at radius 1 is 1.37 bits per heavy atom. The minimum absolute atomic E-state index is 0.197. The normalized spacial score (nSPS) is 12.3. The van der Waals surface area contributed by atoms with E-state index in [2.05, 4.69) is 31.1 Å². The van der Waals surface area contributed by atoms with Gasteiger partial charge in [0.2, 0.25) is 0 Å². The minimum atomic E-state index is -0.700. The standard InChI is InChI=1S/C14H24N2O2S/c1-7-18-11(17)14(5,6)10-8-19-12(16-10)15-9-13(2,3)4/h8H,7,9H2,1-6H3,(H,15,16). The third-order valence-corrected chi connectivity index (χ3v) is 3.50. The largest absolute Gasteiger partial charge is 0.465 e. The molecule has 1 aromatic rings. The van der Waals surface area contributed by atoms with Crippen LogP contribution in [0.25, 0.3) is 0 Å². The molecule has 0 fully saturated rings. The highest BCUT2D eigenvalue weighted by atomic mass is 32.1. The highest BCUT2D eigenvalue weighted by molar-refractivity contribution is 7.13. The Hall–Kier alpha value is -1.10. The van der Waals surface area contributed by atoms with Crippen LogP contribution in [0.4, 0.5) is 5.13 Å². The fourth-order valence-electron chi connectivity index (χ4n) is 1.40. The van der Waals surface area contributed by atoms with Gasteiger partial charge in [-0.25, -0.2) is 4.98 Å². The molecule has 0 aliphatic heterocycles. The number of carbonyl (C=O) groups excluding carboxylic acids is 1. The Kier molecular flexibility index (Phi) is 4.96. The number of hydrogen-bond donors (Lipinski definition) is 1. The van der Waals surface area contributed by atoms with Crippen molar-refractivity contribution in [2.45, 2.75) is 47.0 Å².